The Balaban J connectivity index is 1.95. The molecule has 1 saturated heterocycles. The van der Waals surface area contributed by atoms with Gasteiger partial charge in [-0.15, -0.1) is 0 Å². The van der Waals surface area contributed by atoms with Crippen molar-refractivity contribution in [2.75, 3.05) is 24.2 Å². The third-order valence-corrected chi connectivity index (χ3v) is 6.91. The predicted octanol–water partition coefficient (Wildman–Crippen LogP) is 2.99. The molecule has 6 heteroatoms. The summed E-state index contributed by atoms with van der Waals surface area (Å²) in [5.74, 6) is 0.174. The summed E-state index contributed by atoms with van der Waals surface area (Å²) in [7, 11) is -3.00. The molecule has 1 aromatic rings. The van der Waals surface area contributed by atoms with E-state index in [0.717, 1.165) is 12.1 Å². The molecule has 2 amide bonds. The number of nitrogens with zero attached hydrogens (tertiary/aromatic N) is 1. The van der Waals surface area contributed by atoms with Crippen LogP contribution in [0.3, 0.4) is 0 Å². The number of rotatable bonds is 4. The molecule has 128 valence electrons. The molecule has 0 aromatic heterocycles. The number of hydrogen-bond acceptors (Lipinski definition) is 3. The van der Waals surface area contributed by atoms with Crippen molar-refractivity contribution < 1.29 is 13.2 Å². The molecule has 0 saturated carbocycles. The molecule has 1 N–H and O–H groups in total. The summed E-state index contributed by atoms with van der Waals surface area (Å²) >= 11 is 0. The van der Waals surface area contributed by atoms with Crippen molar-refractivity contribution >= 4 is 21.6 Å². The van der Waals surface area contributed by atoms with Gasteiger partial charge in [0.1, 0.15) is 0 Å². The highest BCUT2D eigenvalue weighted by Crippen LogP contribution is 2.20. The lowest BCUT2D eigenvalue weighted by molar-refractivity contribution is 0.200. The van der Waals surface area contributed by atoms with Crippen molar-refractivity contribution in [1.82, 2.24) is 4.90 Å². The second-order valence-electron chi connectivity index (χ2n) is 6.06. The number of likely N-dealkylation sites (tertiary alicyclic amines) is 1. The van der Waals surface area contributed by atoms with Crippen molar-refractivity contribution in [2.24, 2.45) is 0 Å². The normalized spacial score (nSPS) is 16.4. The Hall–Kier alpha value is -1.56. The van der Waals surface area contributed by atoms with Crippen LogP contribution in [-0.4, -0.2) is 43.4 Å². The Bertz CT molecular complexity index is 662. The molecule has 0 aliphatic carbocycles. The van der Waals surface area contributed by atoms with Gasteiger partial charge in [-0.05, 0) is 49.4 Å². The van der Waals surface area contributed by atoms with Crippen LogP contribution >= 0.6 is 0 Å². The lowest BCUT2D eigenvalue weighted by Crippen LogP contribution is -2.44. The average Bonchev–Trinajstić information content (AvgIpc) is 2.56. The second kappa shape index (κ2) is 7.34. The molecule has 0 atom stereocenters. The number of benzene rings is 1. The summed E-state index contributed by atoms with van der Waals surface area (Å²) in [4.78, 5) is 14.0. The van der Waals surface area contributed by atoms with Gasteiger partial charge in [-0.3, -0.25) is 0 Å². The minimum Gasteiger partial charge on any atom is -0.324 e. The average molecular weight is 338 g/mol. The fraction of sp³-hybridized carbons (Fsp3) is 0.588. The number of urea groups is 1. The molecule has 2 rings (SSSR count). The molecule has 0 unspecified atom stereocenters. The van der Waals surface area contributed by atoms with Crippen LogP contribution in [0.1, 0.15) is 37.8 Å². The van der Waals surface area contributed by atoms with Crippen molar-refractivity contribution in [3.05, 3.63) is 29.3 Å². The molecule has 0 radical (unpaired) electrons. The fourth-order valence-electron chi connectivity index (χ4n) is 2.99. The van der Waals surface area contributed by atoms with E-state index >= 15 is 0 Å². The van der Waals surface area contributed by atoms with Crippen molar-refractivity contribution in [3.63, 3.8) is 0 Å². The van der Waals surface area contributed by atoms with E-state index in [-0.39, 0.29) is 17.0 Å². The van der Waals surface area contributed by atoms with Crippen LogP contribution in [0.4, 0.5) is 10.5 Å². The third-order valence-electron chi connectivity index (χ3n) is 4.62. The number of hydrogen-bond donors (Lipinski definition) is 1. The van der Waals surface area contributed by atoms with Gasteiger partial charge in [0.05, 0.1) is 5.25 Å². The van der Waals surface area contributed by atoms with Crippen LogP contribution in [0.25, 0.3) is 0 Å². The van der Waals surface area contributed by atoms with Crippen LogP contribution in [0, 0.1) is 6.92 Å². The number of nitrogens with one attached hydrogen (secondary N) is 1. The largest absolute Gasteiger partial charge is 0.324 e. The minimum atomic E-state index is -3.00. The maximum atomic E-state index is 12.3. The SMILES string of the molecule is CCc1cc(NC(=O)N2CCC(S(=O)(=O)CC)CC2)ccc1C. The van der Waals surface area contributed by atoms with Gasteiger partial charge in [0.25, 0.3) is 0 Å². The molecule has 5 nitrogen and oxygen atoms in total. The number of amides is 2. The van der Waals surface area contributed by atoms with Gasteiger partial charge in [-0.2, -0.15) is 0 Å². The summed E-state index contributed by atoms with van der Waals surface area (Å²) in [6, 6.07) is 5.76. The summed E-state index contributed by atoms with van der Waals surface area (Å²) in [5.41, 5.74) is 3.23. The summed E-state index contributed by atoms with van der Waals surface area (Å²) in [6.07, 6.45) is 1.98. The number of carbonyl (C=O) groups excluding carboxylic acids is 1. The molecular formula is C17H26N2O3S. The van der Waals surface area contributed by atoms with Gasteiger partial charge in [0, 0.05) is 24.5 Å². The lowest BCUT2D eigenvalue weighted by atomic mass is 10.1. The predicted molar refractivity (Wildman–Crippen MR) is 93.6 cm³/mol. The molecule has 0 spiro atoms. The quantitative estimate of drug-likeness (QED) is 0.918. The van der Waals surface area contributed by atoms with E-state index in [1.54, 1.807) is 11.8 Å². The zero-order valence-corrected chi connectivity index (χ0v) is 14.9. The molecule has 1 aromatic carbocycles. The van der Waals surface area contributed by atoms with Crippen LogP contribution < -0.4 is 5.32 Å². The highest BCUT2D eigenvalue weighted by atomic mass is 32.2. The number of sulfone groups is 1. The van der Waals surface area contributed by atoms with Crippen LogP contribution in [0.5, 0.6) is 0 Å². The fourth-order valence-corrected chi connectivity index (χ4v) is 4.39. The molecule has 1 aliphatic rings. The Labute approximate surface area is 139 Å². The van der Waals surface area contributed by atoms with E-state index in [4.69, 9.17) is 0 Å². The van der Waals surface area contributed by atoms with Crippen LogP contribution in [0.2, 0.25) is 0 Å². The highest BCUT2D eigenvalue weighted by molar-refractivity contribution is 7.92. The van der Waals surface area contributed by atoms with E-state index in [1.165, 1.54) is 11.1 Å². The minimum absolute atomic E-state index is 0.150. The van der Waals surface area contributed by atoms with E-state index in [1.807, 2.05) is 18.2 Å². The van der Waals surface area contributed by atoms with Crippen molar-refractivity contribution in [2.45, 2.75) is 45.3 Å². The standard InChI is InChI=1S/C17H26N2O3S/c1-4-14-12-15(7-6-13(14)3)18-17(20)19-10-8-16(9-11-19)23(21,22)5-2/h6-7,12,16H,4-5,8-11H2,1-3H3,(H,18,20). The smallest absolute Gasteiger partial charge is 0.321 e. The van der Waals surface area contributed by atoms with Gasteiger partial charge < -0.3 is 10.2 Å². The first-order valence-electron chi connectivity index (χ1n) is 8.24. The van der Waals surface area contributed by atoms with Gasteiger partial charge in [0.15, 0.2) is 9.84 Å². The van der Waals surface area contributed by atoms with Crippen molar-refractivity contribution in [3.8, 4) is 0 Å². The Morgan fingerprint density at radius 2 is 1.91 bits per heavy atom. The monoisotopic (exact) mass is 338 g/mol. The molecule has 1 aliphatic heterocycles. The molecular weight excluding hydrogens is 312 g/mol. The number of carbonyl (C=O) groups is 1. The number of anilines is 1. The second-order valence-corrected chi connectivity index (χ2v) is 8.63. The Morgan fingerprint density at radius 1 is 1.26 bits per heavy atom. The first-order chi connectivity index (χ1) is 10.9. The Kier molecular flexibility index (Phi) is 5.68. The first-order valence-corrected chi connectivity index (χ1v) is 9.96. The van der Waals surface area contributed by atoms with Gasteiger partial charge >= 0.3 is 6.03 Å². The first kappa shape index (κ1) is 17.8. The lowest BCUT2D eigenvalue weighted by Gasteiger charge is -2.31. The van der Waals surface area contributed by atoms with Gasteiger partial charge in [-0.25, -0.2) is 13.2 Å². The number of piperidine rings is 1. The van der Waals surface area contributed by atoms with E-state index < -0.39 is 9.84 Å². The molecule has 1 fully saturated rings. The topological polar surface area (TPSA) is 66.5 Å². The van der Waals surface area contributed by atoms with Gasteiger partial charge in [-0.1, -0.05) is 19.9 Å². The summed E-state index contributed by atoms with van der Waals surface area (Å²) in [5, 5.41) is 2.62. The zero-order valence-electron chi connectivity index (χ0n) is 14.1. The zero-order chi connectivity index (χ0) is 17.0. The summed E-state index contributed by atoms with van der Waals surface area (Å²) in [6.45, 7) is 6.80. The molecule has 0 bridgehead atoms. The summed E-state index contributed by atoms with van der Waals surface area (Å²) < 4.78 is 23.8. The Morgan fingerprint density at radius 3 is 2.48 bits per heavy atom. The van der Waals surface area contributed by atoms with E-state index in [2.05, 4.69) is 19.2 Å². The van der Waals surface area contributed by atoms with E-state index in [9.17, 15) is 13.2 Å². The maximum absolute atomic E-state index is 12.3. The van der Waals surface area contributed by atoms with Crippen molar-refractivity contribution in [1.29, 1.82) is 0 Å². The molecule has 23 heavy (non-hydrogen) atoms. The van der Waals surface area contributed by atoms with Crippen LogP contribution in [0.15, 0.2) is 18.2 Å². The number of aryl methyl sites for hydroxylation is 2. The maximum Gasteiger partial charge on any atom is 0.321 e. The highest BCUT2D eigenvalue weighted by Gasteiger charge is 2.30. The van der Waals surface area contributed by atoms with Gasteiger partial charge in [0.2, 0.25) is 0 Å². The van der Waals surface area contributed by atoms with Crippen LogP contribution in [-0.2, 0) is 16.3 Å². The molecule has 1 heterocycles. The van der Waals surface area contributed by atoms with E-state index in [0.29, 0.717) is 25.9 Å². The third kappa shape index (κ3) is 4.25.